The van der Waals surface area contributed by atoms with Gasteiger partial charge in [-0.15, -0.1) is 0 Å². The molecule has 0 heterocycles. The third-order valence-electron chi connectivity index (χ3n) is 5.63. The first-order chi connectivity index (χ1) is 15.5. The van der Waals surface area contributed by atoms with E-state index in [4.69, 9.17) is 9.47 Å². The van der Waals surface area contributed by atoms with Gasteiger partial charge in [0.25, 0.3) is 0 Å². The number of aliphatic hydroxyl groups is 1. The van der Waals surface area contributed by atoms with Crippen LogP contribution in [0.1, 0.15) is 64.5 Å². The van der Waals surface area contributed by atoms with Crippen LogP contribution in [0.2, 0.25) is 0 Å². The predicted molar refractivity (Wildman–Crippen MR) is 128 cm³/mol. The van der Waals surface area contributed by atoms with E-state index in [1.807, 2.05) is 38.1 Å². The number of hydrogen-bond donors (Lipinski definition) is 2. The van der Waals surface area contributed by atoms with Crippen LogP contribution in [0.4, 0.5) is 4.79 Å². The second-order valence-corrected chi connectivity index (χ2v) is 10.1. The number of rotatable bonds is 8. The summed E-state index contributed by atoms with van der Waals surface area (Å²) in [5, 5.41) is 13.4. The van der Waals surface area contributed by atoms with Crippen LogP contribution in [0.15, 0.2) is 48.5 Å². The van der Waals surface area contributed by atoms with E-state index in [1.54, 1.807) is 20.8 Å². The van der Waals surface area contributed by atoms with Crippen molar-refractivity contribution in [1.29, 1.82) is 0 Å². The molecule has 0 spiro atoms. The zero-order valence-corrected chi connectivity index (χ0v) is 20.1. The van der Waals surface area contributed by atoms with Crippen molar-refractivity contribution in [1.82, 2.24) is 5.32 Å². The Hall–Kier alpha value is -2.86. The quantitative estimate of drug-likeness (QED) is 0.548. The lowest BCUT2D eigenvalue weighted by molar-refractivity contribution is -0.157. The number of hydrogen-bond acceptors (Lipinski definition) is 5. The Balaban J connectivity index is 1.63. The molecule has 6 heteroatoms. The molecule has 33 heavy (non-hydrogen) atoms. The van der Waals surface area contributed by atoms with Crippen molar-refractivity contribution >= 4 is 12.1 Å². The van der Waals surface area contributed by atoms with Crippen LogP contribution in [0, 0.1) is 5.92 Å². The number of fused-ring (bicyclic) bond motifs is 3. The molecule has 2 aromatic carbocycles. The molecule has 6 nitrogen and oxygen atoms in total. The summed E-state index contributed by atoms with van der Waals surface area (Å²) in [6.45, 7) is 9.50. The zero-order chi connectivity index (χ0) is 24.2. The van der Waals surface area contributed by atoms with E-state index in [9.17, 15) is 14.7 Å². The molecule has 0 unspecified atom stereocenters. The summed E-state index contributed by atoms with van der Waals surface area (Å²) in [5.74, 6) is -0.339. The summed E-state index contributed by atoms with van der Waals surface area (Å²) in [7, 11) is 0. The largest absolute Gasteiger partial charge is 0.460 e. The Bertz CT molecular complexity index is 933. The lowest BCUT2D eigenvalue weighted by Crippen LogP contribution is -2.46. The molecule has 1 aliphatic rings. The molecule has 2 N–H and O–H groups in total. The van der Waals surface area contributed by atoms with E-state index in [2.05, 4.69) is 29.6 Å². The average molecular weight is 454 g/mol. The van der Waals surface area contributed by atoms with Gasteiger partial charge in [-0.25, -0.2) is 4.79 Å². The minimum Gasteiger partial charge on any atom is -0.460 e. The minimum absolute atomic E-state index is 0.0432. The molecular weight excluding hydrogens is 418 g/mol. The van der Waals surface area contributed by atoms with Crippen LogP contribution < -0.4 is 5.32 Å². The van der Waals surface area contributed by atoms with Gasteiger partial charge in [-0.3, -0.25) is 4.79 Å². The smallest absolute Gasteiger partial charge is 0.407 e. The van der Waals surface area contributed by atoms with E-state index >= 15 is 0 Å². The van der Waals surface area contributed by atoms with Gasteiger partial charge in [0.1, 0.15) is 12.2 Å². The van der Waals surface area contributed by atoms with E-state index in [-0.39, 0.29) is 24.9 Å². The maximum absolute atomic E-state index is 12.7. The predicted octanol–water partition coefficient (Wildman–Crippen LogP) is 5.03. The molecule has 3 rings (SSSR count). The van der Waals surface area contributed by atoms with Crippen molar-refractivity contribution in [3.63, 3.8) is 0 Å². The molecule has 2 aromatic rings. The Morgan fingerprint density at radius 2 is 1.55 bits per heavy atom. The first-order valence-electron chi connectivity index (χ1n) is 11.6. The van der Waals surface area contributed by atoms with E-state index in [1.165, 1.54) is 0 Å². The summed E-state index contributed by atoms with van der Waals surface area (Å²) in [5.41, 5.74) is 3.95. The molecule has 178 valence electrons. The van der Waals surface area contributed by atoms with E-state index < -0.39 is 29.8 Å². The van der Waals surface area contributed by atoms with Gasteiger partial charge in [0.15, 0.2) is 0 Å². The fourth-order valence-electron chi connectivity index (χ4n) is 4.31. The van der Waals surface area contributed by atoms with Crippen LogP contribution in [0.5, 0.6) is 0 Å². The summed E-state index contributed by atoms with van der Waals surface area (Å²) in [6.07, 6.45) is -1.36. The second kappa shape index (κ2) is 10.4. The maximum atomic E-state index is 12.7. The molecule has 0 aliphatic heterocycles. The van der Waals surface area contributed by atoms with Crippen molar-refractivity contribution in [3.8, 4) is 11.1 Å². The summed E-state index contributed by atoms with van der Waals surface area (Å²) < 4.78 is 10.9. The lowest BCUT2D eigenvalue weighted by atomic mass is 9.97. The van der Waals surface area contributed by atoms with Crippen molar-refractivity contribution in [2.24, 2.45) is 5.92 Å². The number of aliphatic hydroxyl groups excluding tert-OH is 1. The molecular formula is C27H35NO5. The van der Waals surface area contributed by atoms with Crippen LogP contribution >= 0.6 is 0 Å². The number of carbonyl (C=O) groups is 2. The van der Waals surface area contributed by atoms with E-state index in [0.717, 1.165) is 22.3 Å². The Labute approximate surface area is 196 Å². The Morgan fingerprint density at radius 3 is 2.06 bits per heavy atom. The standard InChI is InChI=1S/C27H35NO5/c1-17(2)14-23(24(29)15-25(30)33-27(3,4)5)28-26(31)32-16-22-20-12-8-6-10-18(20)19-11-7-9-13-21(19)22/h6-13,17,22-24,29H,14-16H2,1-5H3,(H,28,31)/t23-,24+/m0/s1. The average Bonchev–Trinajstić information content (AvgIpc) is 3.04. The third-order valence-corrected chi connectivity index (χ3v) is 5.63. The highest BCUT2D eigenvalue weighted by molar-refractivity contribution is 5.79. The molecule has 2 atom stereocenters. The van der Waals surface area contributed by atoms with Crippen molar-refractivity contribution in [3.05, 3.63) is 59.7 Å². The molecule has 0 radical (unpaired) electrons. The molecule has 1 aliphatic carbocycles. The lowest BCUT2D eigenvalue weighted by Gasteiger charge is -2.27. The highest BCUT2D eigenvalue weighted by Crippen LogP contribution is 2.44. The van der Waals surface area contributed by atoms with Gasteiger partial charge < -0.3 is 19.9 Å². The number of alkyl carbamates (subject to hydrolysis) is 1. The van der Waals surface area contributed by atoms with Crippen molar-refractivity contribution < 1.29 is 24.2 Å². The van der Waals surface area contributed by atoms with Crippen molar-refractivity contribution in [2.75, 3.05) is 6.61 Å². The molecule has 1 amide bonds. The number of nitrogens with one attached hydrogen (secondary N) is 1. The first-order valence-corrected chi connectivity index (χ1v) is 11.6. The van der Waals surface area contributed by atoms with Crippen LogP contribution in [-0.2, 0) is 14.3 Å². The number of carbonyl (C=O) groups excluding carboxylic acids is 2. The topological polar surface area (TPSA) is 84.9 Å². The number of benzene rings is 2. The van der Waals surface area contributed by atoms with Gasteiger partial charge in [0, 0.05) is 5.92 Å². The fraction of sp³-hybridized carbons (Fsp3) is 0.481. The Morgan fingerprint density at radius 1 is 1.00 bits per heavy atom. The number of ether oxygens (including phenoxy) is 2. The maximum Gasteiger partial charge on any atom is 0.407 e. The first kappa shape index (κ1) is 24.8. The van der Waals surface area contributed by atoms with Crippen LogP contribution in [-0.4, -0.2) is 41.5 Å². The number of esters is 1. The number of amides is 1. The fourth-order valence-corrected chi connectivity index (χ4v) is 4.31. The summed E-state index contributed by atoms with van der Waals surface area (Å²) >= 11 is 0. The molecule has 0 saturated carbocycles. The Kier molecular flexibility index (Phi) is 7.80. The zero-order valence-electron chi connectivity index (χ0n) is 20.1. The molecule has 0 saturated heterocycles. The molecule has 0 fully saturated rings. The minimum atomic E-state index is -1.07. The second-order valence-electron chi connectivity index (χ2n) is 10.1. The van der Waals surface area contributed by atoms with Gasteiger partial charge in [-0.05, 0) is 55.4 Å². The van der Waals surface area contributed by atoms with Crippen molar-refractivity contribution in [2.45, 2.75) is 71.1 Å². The summed E-state index contributed by atoms with van der Waals surface area (Å²) in [4.78, 5) is 24.8. The van der Waals surface area contributed by atoms with Gasteiger partial charge in [-0.2, -0.15) is 0 Å². The van der Waals surface area contributed by atoms with Gasteiger partial charge in [-0.1, -0.05) is 62.4 Å². The highest BCUT2D eigenvalue weighted by Gasteiger charge is 2.31. The van der Waals surface area contributed by atoms with Gasteiger partial charge in [0.2, 0.25) is 0 Å². The van der Waals surface area contributed by atoms with Gasteiger partial charge in [0.05, 0.1) is 18.6 Å². The van der Waals surface area contributed by atoms with Crippen LogP contribution in [0.25, 0.3) is 11.1 Å². The third kappa shape index (κ3) is 6.57. The van der Waals surface area contributed by atoms with Gasteiger partial charge >= 0.3 is 12.1 Å². The molecule has 0 aromatic heterocycles. The van der Waals surface area contributed by atoms with E-state index in [0.29, 0.717) is 6.42 Å². The SMILES string of the molecule is CC(C)C[C@H](NC(=O)OCC1c2ccccc2-c2ccccc21)[C@H](O)CC(=O)OC(C)(C)C. The molecule has 0 bridgehead atoms. The monoisotopic (exact) mass is 453 g/mol. The normalized spacial score (nSPS) is 14.9. The summed E-state index contributed by atoms with van der Waals surface area (Å²) in [6, 6.07) is 15.7. The highest BCUT2D eigenvalue weighted by atomic mass is 16.6. The van der Waals surface area contributed by atoms with Crippen LogP contribution in [0.3, 0.4) is 0 Å².